The van der Waals surface area contributed by atoms with E-state index >= 15 is 0 Å². The lowest BCUT2D eigenvalue weighted by Gasteiger charge is -2.12. The molecule has 5 nitrogen and oxygen atoms in total. The highest BCUT2D eigenvalue weighted by atomic mass is 32.1. The van der Waals surface area contributed by atoms with Crippen molar-refractivity contribution >= 4 is 28.9 Å². The van der Waals surface area contributed by atoms with Crippen LogP contribution < -0.4 is 20.1 Å². The number of rotatable bonds is 4. The number of nitrogens with one attached hydrogen (secondary N) is 2. The molecule has 1 amide bonds. The first-order valence-corrected chi connectivity index (χ1v) is 8.59. The second kappa shape index (κ2) is 7.53. The van der Waals surface area contributed by atoms with E-state index in [1.165, 1.54) is 5.56 Å². The molecule has 0 fully saturated rings. The molecule has 0 aliphatic carbocycles. The van der Waals surface area contributed by atoms with E-state index in [1.807, 2.05) is 12.1 Å². The number of amides is 1. The van der Waals surface area contributed by atoms with Gasteiger partial charge in [-0.1, -0.05) is 26.0 Å². The molecule has 130 valence electrons. The predicted octanol–water partition coefficient (Wildman–Crippen LogP) is 4.06. The van der Waals surface area contributed by atoms with E-state index in [-0.39, 0.29) is 17.8 Å². The van der Waals surface area contributed by atoms with Crippen LogP contribution in [0.25, 0.3) is 0 Å². The van der Waals surface area contributed by atoms with E-state index in [4.69, 9.17) is 21.7 Å². The summed E-state index contributed by atoms with van der Waals surface area (Å²) >= 11 is 5.22. The highest BCUT2D eigenvalue weighted by Gasteiger charge is 2.16. The average molecular weight is 356 g/mol. The standard InChI is InChI=1S/C19H20N2O3S/c1-3-12(2)13-4-7-15(8-5-13)20-19(25)21-18(22)14-6-9-16-17(10-14)24-11-23-16/h4-10,12H,3,11H2,1-2H3,(H2,20,21,22,25)/t12-/m0/s1. The minimum absolute atomic E-state index is 0.174. The molecule has 0 saturated carbocycles. The van der Waals surface area contributed by atoms with Gasteiger partial charge in [0.05, 0.1) is 0 Å². The van der Waals surface area contributed by atoms with Crippen molar-refractivity contribution in [2.45, 2.75) is 26.2 Å². The van der Waals surface area contributed by atoms with Gasteiger partial charge < -0.3 is 14.8 Å². The second-order valence-corrected chi connectivity index (χ2v) is 6.32. The van der Waals surface area contributed by atoms with Crippen molar-refractivity contribution < 1.29 is 14.3 Å². The number of carbonyl (C=O) groups is 1. The van der Waals surface area contributed by atoms with E-state index in [9.17, 15) is 4.79 Å². The van der Waals surface area contributed by atoms with Crippen LogP contribution in [0.5, 0.6) is 11.5 Å². The number of hydrogen-bond donors (Lipinski definition) is 2. The van der Waals surface area contributed by atoms with Crippen molar-refractivity contribution in [1.29, 1.82) is 0 Å². The van der Waals surface area contributed by atoms with Gasteiger partial charge in [-0.25, -0.2) is 0 Å². The summed E-state index contributed by atoms with van der Waals surface area (Å²) in [7, 11) is 0. The maximum atomic E-state index is 12.3. The lowest BCUT2D eigenvalue weighted by molar-refractivity contribution is 0.0977. The molecule has 1 aliphatic heterocycles. The van der Waals surface area contributed by atoms with Crippen LogP contribution in [0.15, 0.2) is 42.5 Å². The summed E-state index contributed by atoms with van der Waals surface area (Å²) in [5.74, 6) is 1.42. The summed E-state index contributed by atoms with van der Waals surface area (Å²) in [5, 5.41) is 5.94. The number of benzene rings is 2. The number of anilines is 1. The fraction of sp³-hybridized carbons (Fsp3) is 0.263. The van der Waals surface area contributed by atoms with Crippen LogP contribution in [0.2, 0.25) is 0 Å². The van der Waals surface area contributed by atoms with E-state index < -0.39 is 0 Å². The van der Waals surface area contributed by atoms with Crippen LogP contribution in [0.1, 0.15) is 42.1 Å². The lowest BCUT2D eigenvalue weighted by Crippen LogP contribution is -2.34. The van der Waals surface area contributed by atoms with Crippen molar-refractivity contribution in [3.63, 3.8) is 0 Å². The minimum Gasteiger partial charge on any atom is -0.454 e. The Morgan fingerprint density at radius 2 is 1.88 bits per heavy atom. The Morgan fingerprint density at radius 1 is 1.16 bits per heavy atom. The van der Waals surface area contributed by atoms with Crippen LogP contribution in [-0.4, -0.2) is 17.8 Å². The summed E-state index contributed by atoms with van der Waals surface area (Å²) in [4.78, 5) is 12.3. The number of carbonyl (C=O) groups excluding carboxylic acids is 1. The molecule has 0 spiro atoms. The Labute approximate surface area is 152 Å². The van der Waals surface area contributed by atoms with Crippen LogP contribution in [0.3, 0.4) is 0 Å². The van der Waals surface area contributed by atoms with Crippen LogP contribution in [0, 0.1) is 0 Å². The first-order chi connectivity index (χ1) is 12.1. The van der Waals surface area contributed by atoms with Crippen molar-refractivity contribution in [3.05, 3.63) is 53.6 Å². The summed E-state index contributed by atoms with van der Waals surface area (Å²) in [6, 6.07) is 13.1. The molecule has 2 aromatic carbocycles. The third-order valence-corrected chi connectivity index (χ3v) is 4.42. The smallest absolute Gasteiger partial charge is 0.257 e. The van der Waals surface area contributed by atoms with Gasteiger partial charge in [-0.3, -0.25) is 10.1 Å². The minimum atomic E-state index is -0.299. The zero-order valence-electron chi connectivity index (χ0n) is 14.2. The SMILES string of the molecule is CC[C@H](C)c1ccc(NC(=S)NC(=O)c2ccc3c(c2)OCO3)cc1. The third-order valence-electron chi connectivity index (χ3n) is 4.21. The van der Waals surface area contributed by atoms with E-state index in [1.54, 1.807) is 18.2 Å². The molecule has 6 heteroatoms. The molecule has 0 saturated heterocycles. The zero-order chi connectivity index (χ0) is 17.8. The Bertz CT molecular complexity index is 790. The van der Waals surface area contributed by atoms with Gasteiger partial charge in [-0.05, 0) is 60.5 Å². The quantitative estimate of drug-likeness (QED) is 0.809. The molecule has 2 aromatic rings. The fourth-order valence-corrected chi connectivity index (χ4v) is 2.72. The number of ether oxygens (including phenoxy) is 2. The molecule has 0 aromatic heterocycles. The van der Waals surface area contributed by atoms with Gasteiger partial charge in [0.2, 0.25) is 6.79 Å². The van der Waals surface area contributed by atoms with Crippen molar-refractivity contribution in [3.8, 4) is 11.5 Å². The molecule has 0 unspecified atom stereocenters. The monoisotopic (exact) mass is 356 g/mol. The van der Waals surface area contributed by atoms with E-state index in [0.717, 1.165) is 12.1 Å². The molecule has 25 heavy (non-hydrogen) atoms. The fourth-order valence-electron chi connectivity index (χ4n) is 2.51. The zero-order valence-corrected chi connectivity index (χ0v) is 15.0. The van der Waals surface area contributed by atoms with E-state index in [0.29, 0.717) is 23.0 Å². The Morgan fingerprint density at radius 3 is 2.60 bits per heavy atom. The molecule has 1 heterocycles. The third kappa shape index (κ3) is 4.09. The Kier molecular flexibility index (Phi) is 5.19. The largest absolute Gasteiger partial charge is 0.454 e. The number of thiocarbonyl (C=S) groups is 1. The first kappa shape index (κ1) is 17.2. The molecule has 2 N–H and O–H groups in total. The summed E-state index contributed by atoms with van der Waals surface area (Å²) in [6.45, 7) is 4.53. The van der Waals surface area contributed by atoms with Gasteiger partial charge in [-0.2, -0.15) is 0 Å². The first-order valence-electron chi connectivity index (χ1n) is 8.18. The molecule has 0 radical (unpaired) electrons. The molecule has 3 rings (SSSR count). The van der Waals surface area contributed by atoms with Crippen molar-refractivity contribution in [1.82, 2.24) is 5.32 Å². The highest BCUT2D eigenvalue weighted by Crippen LogP contribution is 2.32. The van der Waals surface area contributed by atoms with Crippen LogP contribution in [-0.2, 0) is 0 Å². The Balaban J connectivity index is 1.59. The molecular formula is C19H20N2O3S. The molecule has 0 bridgehead atoms. The van der Waals surface area contributed by atoms with Crippen LogP contribution >= 0.6 is 12.2 Å². The van der Waals surface area contributed by atoms with Gasteiger partial charge >= 0.3 is 0 Å². The topological polar surface area (TPSA) is 59.6 Å². The Hall–Kier alpha value is -2.60. The maximum absolute atomic E-state index is 12.3. The molecule has 1 aliphatic rings. The van der Waals surface area contributed by atoms with Crippen molar-refractivity contribution in [2.75, 3.05) is 12.1 Å². The van der Waals surface area contributed by atoms with Gasteiger partial charge in [0.1, 0.15) is 0 Å². The number of fused-ring (bicyclic) bond motifs is 1. The molecular weight excluding hydrogens is 336 g/mol. The maximum Gasteiger partial charge on any atom is 0.257 e. The van der Waals surface area contributed by atoms with Crippen molar-refractivity contribution in [2.24, 2.45) is 0 Å². The average Bonchev–Trinajstić information content (AvgIpc) is 3.09. The summed E-state index contributed by atoms with van der Waals surface area (Å²) in [6.07, 6.45) is 1.09. The molecule has 1 atom stereocenters. The van der Waals surface area contributed by atoms with Gasteiger partial charge in [0, 0.05) is 11.3 Å². The van der Waals surface area contributed by atoms with Gasteiger partial charge in [0.15, 0.2) is 16.6 Å². The lowest BCUT2D eigenvalue weighted by atomic mass is 9.99. The van der Waals surface area contributed by atoms with Gasteiger partial charge in [-0.15, -0.1) is 0 Å². The summed E-state index contributed by atoms with van der Waals surface area (Å²) < 4.78 is 10.5. The number of hydrogen-bond acceptors (Lipinski definition) is 4. The normalized spacial score (nSPS) is 13.2. The van der Waals surface area contributed by atoms with Gasteiger partial charge in [0.25, 0.3) is 5.91 Å². The predicted molar refractivity (Wildman–Crippen MR) is 101 cm³/mol. The highest BCUT2D eigenvalue weighted by molar-refractivity contribution is 7.80. The van der Waals surface area contributed by atoms with E-state index in [2.05, 4.69) is 36.6 Å². The second-order valence-electron chi connectivity index (χ2n) is 5.91. The van der Waals surface area contributed by atoms with Crippen LogP contribution in [0.4, 0.5) is 5.69 Å². The summed E-state index contributed by atoms with van der Waals surface area (Å²) in [5.41, 5.74) is 2.58.